The largest absolute Gasteiger partial charge is 0.381 e. The molecule has 0 bridgehead atoms. The third kappa shape index (κ3) is 3.12. The molecule has 2 heterocycles. The van der Waals surface area contributed by atoms with Crippen LogP contribution in [0.15, 0.2) is 0 Å². The van der Waals surface area contributed by atoms with Crippen LogP contribution < -0.4 is 5.32 Å². The molecule has 1 aliphatic rings. The van der Waals surface area contributed by atoms with Crippen LogP contribution in [0.2, 0.25) is 0 Å². The zero-order chi connectivity index (χ0) is 13.0. The highest BCUT2D eigenvalue weighted by Gasteiger charge is 2.32. The van der Waals surface area contributed by atoms with Crippen LogP contribution in [0, 0.1) is 0 Å². The maximum atomic E-state index is 6.10. The van der Waals surface area contributed by atoms with Gasteiger partial charge in [0.05, 0.1) is 5.54 Å². The highest BCUT2D eigenvalue weighted by molar-refractivity contribution is 7.09. The van der Waals surface area contributed by atoms with E-state index in [1.54, 1.807) is 7.11 Å². The Balaban J connectivity index is 2.05. The minimum absolute atomic E-state index is 0.0848. The molecule has 1 atom stereocenters. The van der Waals surface area contributed by atoms with Crippen molar-refractivity contribution in [3.63, 3.8) is 0 Å². The number of ether oxygens (including phenoxy) is 2. The summed E-state index contributed by atoms with van der Waals surface area (Å²) in [6, 6.07) is 0. The molecule has 1 aliphatic heterocycles. The van der Waals surface area contributed by atoms with Gasteiger partial charge in [0.1, 0.15) is 6.10 Å². The van der Waals surface area contributed by atoms with E-state index < -0.39 is 0 Å². The average molecular weight is 292 g/mol. The Morgan fingerprint density at radius 3 is 2.89 bits per heavy atom. The van der Waals surface area contributed by atoms with E-state index in [-0.39, 0.29) is 11.6 Å². The van der Waals surface area contributed by atoms with Gasteiger partial charge in [-0.3, -0.25) is 0 Å². The van der Waals surface area contributed by atoms with Crippen molar-refractivity contribution in [2.45, 2.75) is 31.4 Å². The lowest BCUT2D eigenvalue weighted by Crippen LogP contribution is -2.45. The van der Waals surface area contributed by atoms with Gasteiger partial charge < -0.3 is 14.8 Å². The molecule has 102 valence electrons. The van der Waals surface area contributed by atoms with Crippen molar-refractivity contribution in [1.29, 1.82) is 0 Å². The lowest BCUT2D eigenvalue weighted by atomic mass is 9.92. The van der Waals surface area contributed by atoms with Crippen LogP contribution in [0.25, 0.3) is 0 Å². The van der Waals surface area contributed by atoms with Gasteiger partial charge >= 0.3 is 0 Å². The quantitative estimate of drug-likeness (QED) is 0.845. The fourth-order valence-corrected chi connectivity index (χ4v) is 2.94. The van der Waals surface area contributed by atoms with Crippen molar-refractivity contribution in [2.24, 2.45) is 0 Å². The van der Waals surface area contributed by atoms with Crippen LogP contribution in [-0.2, 0) is 9.47 Å². The zero-order valence-corrected chi connectivity index (χ0v) is 12.2. The summed E-state index contributed by atoms with van der Waals surface area (Å²) >= 11 is 7.45. The topological polar surface area (TPSA) is 56.3 Å². The molecule has 1 aromatic rings. The fourth-order valence-electron chi connectivity index (χ4n) is 1.84. The Morgan fingerprint density at radius 1 is 1.56 bits per heavy atom. The molecule has 0 saturated carbocycles. The first kappa shape index (κ1) is 14.0. The van der Waals surface area contributed by atoms with E-state index in [1.165, 1.54) is 11.5 Å². The normalized spacial score (nSPS) is 20.6. The maximum Gasteiger partial charge on any atom is 0.203 e. The lowest BCUT2D eigenvalue weighted by Gasteiger charge is -2.36. The molecule has 1 unspecified atom stereocenters. The van der Waals surface area contributed by atoms with Crippen molar-refractivity contribution >= 4 is 28.3 Å². The molecule has 5 nitrogen and oxygen atoms in total. The monoisotopic (exact) mass is 291 g/mol. The Bertz CT molecular complexity index is 382. The van der Waals surface area contributed by atoms with Crippen molar-refractivity contribution in [3.05, 3.63) is 5.82 Å². The van der Waals surface area contributed by atoms with Crippen molar-refractivity contribution in [1.82, 2.24) is 9.36 Å². The fraction of sp³-hybridized carbons (Fsp3) is 0.818. The molecule has 0 aliphatic carbocycles. The van der Waals surface area contributed by atoms with Crippen LogP contribution in [0.4, 0.5) is 5.13 Å². The summed E-state index contributed by atoms with van der Waals surface area (Å²) < 4.78 is 14.9. The molecule has 1 aromatic heterocycles. The van der Waals surface area contributed by atoms with Gasteiger partial charge in [-0.05, 0) is 19.8 Å². The first-order valence-electron chi connectivity index (χ1n) is 5.97. The summed E-state index contributed by atoms with van der Waals surface area (Å²) in [5.41, 5.74) is -0.118. The number of hydrogen-bond acceptors (Lipinski definition) is 6. The van der Waals surface area contributed by atoms with Gasteiger partial charge in [-0.15, -0.1) is 11.6 Å². The molecule has 0 spiro atoms. The van der Waals surface area contributed by atoms with Crippen molar-refractivity contribution in [3.8, 4) is 0 Å². The third-order valence-electron chi connectivity index (χ3n) is 3.24. The molecule has 0 aromatic carbocycles. The molecule has 2 rings (SSSR count). The number of methoxy groups -OCH3 is 1. The summed E-state index contributed by atoms with van der Waals surface area (Å²) in [4.78, 5) is 4.44. The van der Waals surface area contributed by atoms with Crippen LogP contribution in [-0.4, -0.2) is 41.1 Å². The minimum Gasteiger partial charge on any atom is -0.381 e. The van der Waals surface area contributed by atoms with E-state index >= 15 is 0 Å². The van der Waals surface area contributed by atoms with E-state index in [2.05, 4.69) is 14.7 Å². The Morgan fingerprint density at radius 2 is 2.28 bits per heavy atom. The Hall–Kier alpha value is -0.430. The highest BCUT2D eigenvalue weighted by atomic mass is 35.5. The number of nitrogens with zero attached hydrogens (tertiary/aromatic N) is 2. The van der Waals surface area contributed by atoms with Gasteiger partial charge in [0, 0.05) is 37.7 Å². The predicted molar refractivity (Wildman–Crippen MR) is 72.5 cm³/mol. The van der Waals surface area contributed by atoms with Gasteiger partial charge in [-0.2, -0.15) is 4.37 Å². The van der Waals surface area contributed by atoms with Gasteiger partial charge in [0.2, 0.25) is 5.13 Å². The maximum absolute atomic E-state index is 6.10. The van der Waals surface area contributed by atoms with Crippen LogP contribution in [0.3, 0.4) is 0 Å². The summed E-state index contributed by atoms with van der Waals surface area (Å²) in [6.45, 7) is 3.40. The standard InChI is InChI=1S/C11H18ClN3O2S/c1-8(16-2)9-13-10(18-15-9)14-11(7-12)3-5-17-6-4-11/h8H,3-7H2,1-2H3,(H,13,14,15). The van der Waals surface area contributed by atoms with Crippen molar-refractivity contribution < 1.29 is 9.47 Å². The molecule has 0 amide bonds. The number of hydrogen-bond donors (Lipinski definition) is 1. The van der Waals surface area contributed by atoms with Gasteiger partial charge in [-0.25, -0.2) is 4.98 Å². The molecule has 0 radical (unpaired) electrons. The summed E-state index contributed by atoms with van der Waals surface area (Å²) in [5.74, 6) is 1.26. The first-order chi connectivity index (χ1) is 8.69. The van der Waals surface area contributed by atoms with Crippen LogP contribution in [0.1, 0.15) is 31.7 Å². The minimum atomic E-state index is -0.118. The molecular weight excluding hydrogens is 274 g/mol. The second-order valence-electron chi connectivity index (χ2n) is 4.49. The second kappa shape index (κ2) is 6.14. The lowest BCUT2D eigenvalue weighted by molar-refractivity contribution is 0.0667. The van der Waals surface area contributed by atoms with Crippen molar-refractivity contribution in [2.75, 3.05) is 31.5 Å². The number of aromatic nitrogens is 2. The smallest absolute Gasteiger partial charge is 0.203 e. The van der Waals surface area contributed by atoms with E-state index in [9.17, 15) is 0 Å². The third-order valence-corrected chi connectivity index (χ3v) is 4.39. The molecule has 1 fully saturated rings. The zero-order valence-electron chi connectivity index (χ0n) is 10.6. The average Bonchev–Trinajstić information content (AvgIpc) is 2.87. The highest BCUT2D eigenvalue weighted by Crippen LogP contribution is 2.29. The summed E-state index contributed by atoms with van der Waals surface area (Å²) in [6.07, 6.45) is 1.70. The van der Waals surface area contributed by atoms with E-state index in [0.717, 1.165) is 31.2 Å². The molecule has 1 saturated heterocycles. The van der Waals surface area contributed by atoms with E-state index in [1.807, 2.05) is 6.92 Å². The second-order valence-corrected chi connectivity index (χ2v) is 5.51. The van der Waals surface area contributed by atoms with Gasteiger partial charge in [-0.1, -0.05) is 0 Å². The van der Waals surface area contributed by atoms with Gasteiger partial charge in [0.25, 0.3) is 0 Å². The summed E-state index contributed by atoms with van der Waals surface area (Å²) in [5, 5.41) is 4.22. The van der Waals surface area contributed by atoms with Crippen LogP contribution in [0.5, 0.6) is 0 Å². The van der Waals surface area contributed by atoms with E-state index in [0.29, 0.717) is 11.7 Å². The first-order valence-corrected chi connectivity index (χ1v) is 7.28. The summed E-state index contributed by atoms with van der Waals surface area (Å²) in [7, 11) is 1.65. The Kier molecular flexibility index (Phi) is 4.77. The molecule has 18 heavy (non-hydrogen) atoms. The Labute approximate surface area is 116 Å². The number of halogens is 1. The number of nitrogens with one attached hydrogen (secondary N) is 1. The SMILES string of the molecule is COC(C)c1nsc(NC2(CCl)CCOCC2)n1. The number of rotatable bonds is 5. The van der Waals surface area contributed by atoms with E-state index in [4.69, 9.17) is 21.1 Å². The predicted octanol–water partition coefficient (Wildman–Crippen LogP) is 2.45. The number of alkyl halides is 1. The molecule has 1 N–H and O–H groups in total. The van der Waals surface area contributed by atoms with Gasteiger partial charge in [0.15, 0.2) is 5.82 Å². The molecular formula is C11H18ClN3O2S. The number of anilines is 1. The van der Waals surface area contributed by atoms with Crippen LogP contribution >= 0.6 is 23.1 Å². The molecule has 7 heteroatoms.